The Balaban J connectivity index is 1.29. The highest BCUT2D eigenvalue weighted by molar-refractivity contribution is 5.76. The molecule has 0 spiro atoms. The maximum absolute atomic E-state index is 13.6. The van der Waals surface area contributed by atoms with Gasteiger partial charge in [-0.3, -0.25) is 4.79 Å². The summed E-state index contributed by atoms with van der Waals surface area (Å²) in [6, 6.07) is -0.889. The van der Waals surface area contributed by atoms with Gasteiger partial charge in [-0.05, 0) is 57.8 Å². The van der Waals surface area contributed by atoms with Gasteiger partial charge in [-0.1, -0.05) is 396 Å². The summed E-state index contributed by atoms with van der Waals surface area (Å²) in [6.45, 7) is 1.76. The second-order valence-corrected chi connectivity index (χ2v) is 33.5. The topological polar surface area (TPSA) is 307 Å². The number of allylic oxidation sites excluding steroid dienone is 10. The number of unbranched alkanes of at least 4 members (excludes halogenated alkanes) is 51. The molecule has 17 atom stereocenters. The van der Waals surface area contributed by atoms with E-state index in [0.717, 1.165) is 77.0 Å². The van der Waals surface area contributed by atoms with E-state index >= 15 is 0 Å². The molecule has 0 aliphatic carbocycles. The molecule has 3 saturated heterocycles. The number of hydrogen-bond acceptors (Lipinski definition) is 18. The zero-order chi connectivity index (χ0) is 81.7. The number of rotatable bonds is 77. The normalized spacial score (nSPS) is 25.1. The van der Waals surface area contributed by atoms with Gasteiger partial charge < -0.3 is 89.9 Å². The van der Waals surface area contributed by atoms with Crippen LogP contribution in [-0.2, 0) is 33.2 Å². The standard InChI is InChI=1S/C94H173NO18/c1-3-5-7-9-11-13-15-17-19-21-23-25-27-29-31-33-34-35-36-37-38-39-40-41-42-44-46-48-50-52-54-56-58-60-62-64-66-68-70-72-82(100)95-77(78(99)71-69-67-65-63-61-59-57-55-53-51-49-47-45-43-32-30-28-26-24-22-20-18-16-14-12-10-8-6-4-2)76-108-92-88(106)85(103)90(80(74-97)110-92)113-94-89(107)86(104)91(81(75-98)111-94)112-93-87(105)84(102)83(101)79(73-96)109-93/h5,7,11,13,17,19,23,25,29,31,77-81,83-94,96-99,101-107H,3-4,6,8-10,12,14-16,18,20-22,24,26-28,30,32-76H2,1-2H3,(H,95,100)/b7-5-,13-11-,19-17-,25-23-,31-29-. The third kappa shape index (κ3) is 51.7. The van der Waals surface area contributed by atoms with E-state index in [2.05, 4.69) is 79.9 Å². The first-order chi connectivity index (χ1) is 55.3. The summed E-state index contributed by atoms with van der Waals surface area (Å²) in [5.41, 5.74) is 0. The highest BCUT2D eigenvalue weighted by Crippen LogP contribution is 2.34. The molecule has 113 heavy (non-hydrogen) atoms. The molecule has 12 N–H and O–H groups in total. The van der Waals surface area contributed by atoms with E-state index in [1.54, 1.807) is 0 Å². The predicted molar refractivity (Wildman–Crippen MR) is 457 cm³/mol. The van der Waals surface area contributed by atoms with Gasteiger partial charge in [-0.2, -0.15) is 0 Å². The van der Waals surface area contributed by atoms with Gasteiger partial charge in [0.05, 0.1) is 38.6 Å². The third-order valence-electron chi connectivity index (χ3n) is 23.4. The lowest BCUT2D eigenvalue weighted by molar-refractivity contribution is -0.379. The van der Waals surface area contributed by atoms with Crippen molar-refractivity contribution in [3.05, 3.63) is 60.8 Å². The Morgan fingerprint density at radius 3 is 0.956 bits per heavy atom. The second-order valence-electron chi connectivity index (χ2n) is 33.5. The van der Waals surface area contributed by atoms with Crippen LogP contribution in [0.2, 0.25) is 0 Å². The van der Waals surface area contributed by atoms with Gasteiger partial charge in [-0.15, -0.1) is 0 Å². The van der Waals surface area contributed by atoms with Crippen molar-refractivity contribution in [1.29, 1.82) is 0 Å². The van der Waals surface area contributed by atoms with E-state index in [-0.39, 0.29) is 18.9 Å². The summed E-state index contributed by atoms with van der Waals surface area (Å²) >= 11 is 0. The largest absolute Gasteiger partial charge is 0.394 e. The molecule has 1 amide bonds. The fraction of sp³-hybridized carbons (Fsp3) is 0.883. The molecule has 3 rings (SSSR count). The van der Waals surface area contributed by atoms with Gasteiger partial charge in [0.1, 0.15) is 73.2 Å². The summed E-state index contributed by atoms with van der Waals surface area (Å²) in [6.07, 6.45) is 70.5. The fourth-order valence-electron chi connectivity index (χ4n) is 15.9. The van der Waals surface area contributed by atoms with Gasteiger partial charge in [0.25, 0.3) is 0 Å². The molecule has 0 radical (unpaired) electrons. The zero-order valence-corrected chi connectivity index (χ0v) is 71.6. The summed E-state index contributed by atoms with van der Waals surface area (Å²) in [7, 11) is 0. The minimum atomic E-state index is -1.97. The van der Waals surface area contributed by atoms with Crippen LogP contribution in [0.1, 0.15) is 399 Å². The lowest BCUT2D eigenvalue weighted by Crippen LogP contribution is -2.66. The smallest absolute Gasteiger partial charge is 0.220 e. The first-order valence-corrected chi connectivity index (χ1v) is 47.0. The van der Waals surface area contributed by atoms with E-state index in [1.165, 1.54) is 289 Å². The van der Waals surface area contributed by atoms with E-state index < -0.39 is 124 Å². The molecule has 0 bridgehead atoms. The summed E-state index contributed by atoms with van der Waals surface area (Å²) in [5, 5.41) is 121. The van der Waals surface area contributed by atoms with Crippen molar-refractivity contribution in [3.8, 4) is 0 Å². The number of hydrogen-bond donors (Lipinski definition) is 12. The Morgan fingerprint density at radius 2 is 0.611 bits per heavy atom. The third-order valence-corrected chi connectivity index (χ3v) is 23.4. The van der Waals surface area contributed by atoms with Crippen LogP contribution in [0, 0.1) is 0 Å². The number of ether oxygens (including phenoxy) is 6. The first-order valence-electron chi connectivity index (χ1n) is 47.0. The number of amides is 1. The SMILES string of the molecule is CC/C=C\C/C=C\C/C=C\C/C=C\C/C=C\CCCCCCCCCCCCCCCCCCCCCCCCCC(=O)NC(COC1OC(CO)C(OC2OC(CO)C(OC3OC(CO)C(O)C(O)C3O)C(O)C2O)C(O)C1O)C(O)CCCCCCCCCCCCCCCCCCCCCCCCCCCCCCC. The molecule has 19 nitrogen and oxygen atoms in total. The van der Waals surface area contributed by atoms with Crippen LogP contribution in [0.3, 0.4) is 0 Å². The molecule has 662 valence electrons. The molecule has 3 aliphatic rings. The monoisotopic (exact) mass is 1600 g/mol. The minimum Gasteiger partial charge on any atom is -0.394 e. The van der Waals surface area contributed by atoms with Gasteiger partial charge in [0.15, 0.2) is 18.9 Å². The molecule has 3 aliphatic heterocycles. The van der Waals surface area contributed by atoms with Crippen molar-refractivity contribution in [2.45, 2.75) is 503 Å². The van der Waals surface area contributed by atoms with Crippen LogP contribution in [0.25, 0.3) is 0 Å². The number of carbonyl (C=O) groups excluding carboxylic acids is 1. The van der Waals surface area contributed by atoms with Gasteiger partial charge >= 0.3 is 0 Å². The molecular formula is C94H173NO18. The lowest BCUT2D eigenvalue weighted by Gasteiger charge is -2.48. The molecule has 0 aromatic heterocycles. The summed E-state index contributed by atoms with van der Waals surface area (Å²) < 4.78 is 34.6. The van der Waals surface area contributed by atoms with Crippen molar-refractivity contribution < 1.29 is 89.4 Å². The van der Waals surface area contributed by atoms with Crippen LogP contribution < -0.4 is 5.32 Å². The average molecular weight is 1610 g/mol. The van der Waals surface area contributed by atoms with Crippen LogP contribution >= 0.6 is 0 Å². The molecule has 3 heterocycles. The number of aliphatic hydroxyl groups is 11. The van der Waals surface area contributed by atoms with Crippen LogP contribution in [-0.4, -0.2) is 193 Å². The number of carbonyl (C=O) groups is 1. The lowest BCUT2D eigenvalue weighted by atomic mass is 9.96. The Hall–Kier alpha value is -2.51. The summed E-state index contributed by atoms with van der Waals surface area (Å²) in [4.78, 5) is 13.6. The van der Waals surface area contributed by atoms with Crippen LogP contribution in [0.15, 0.2) is 60.8 Å². The molecule has 0 saturated carbocycles. The van der Waals surface area contributed by atoms with Crippen molar-refractivity contribution in [2.75, 3.05) is 26.4 Å². The van der Waals surface area contributed by atoms with Crippen molar-refractivity contribution in [3.63, 3.8) is 0 Å². The minimum absolute atomic E-state index is 0.234. The molecule has 17 unspecified atom stereocenters. The van der Waals surface area contributed by atoms with E-state index in [4.69, 9.17) is 28.4 Å². The molecular weight excluding hydrogens is 1430 g/mol. The van der Waals surface area contributed by atoms with Crippen molar-refractivity contribution >= 4 is 5.91 Å². The fourth-order valence-corrected chi connectivity index (χ4v) is 15.9. The van der Waals surface area contributed by atoms with Gasteiger partial charge in [0.2, 0.25) is 5.91 Å². The Kier molecular flexibility index (Phi) is 68.0. The predicted octanol–water partition coefficient (Wildman–Crippen LogP) is 18.5. The van der Waals surface area contributed by atoms with E-state index in [0.29, 0.717) is 12.8 Å². The van der Waals surface area contributed by atoms with Gasteiger partial charge in [0, 0.05) is 6.42 Å². The van der Waals surface area contributed by atoms with E-state index in [1.807, 2.05) is 0 Å². The average Bonchev–Trinajstić information content (AvgIpc) is 0.780. The van der Waals surface area contributed by atoms with Gasteiger partial charge in [-0.25, -0.2) is 0 Å². The molecule has 19 heteroatoms. The molecule has 3 fully saturated rings. The quantitative estimate of drug-likeness (QED) is 0.0199. The highest BCUT2D eigenvalue weighted by atomic mass is 16.8. The van der Waals surface area contributed by atoms with Crippen LogP contribution in [0.4, 0.5) is 0 Å². The number of aliphatic hydroxyl groups excluding tert-OH is 11. The van der Waals surface area contributed by atoms with Crippen LogP contribution in [0.5, 0.6) is 0 Å². The first kappa shape index (κ1) is 105. The highest BCUT2D eigenvalue weighted by Gasteiger charge is 2.54. The number of nitrogens with one attached hydrogen (secondary N) is 1. The zero-order valence-electron chi connectivity index (χ0n) is 71.6. The molecule has 0 aromatic rings. The van der Waals surface area contributed by atoms with Crippen molar-refractivity contribution in [1.82, 2.24) is 5.32 Å². The van der Waals surface area contributed by atoms with E-state index in [9.17, 15) is 61.0 Å². The maximum Gasteiger partial charge on any atom is 0.220 e. The Labute approximate surface area is 687 Å². The second kappa shape index (κ2) is 73.4. The maximum atomic E-state index is 13.6. The summed E-state index contributed by atoms with van der Waals surface area (Å²) in [5.74, 6) is -0.234. The van der Waals surface area contributed by atoms with Crippen molar-refractivity contribution in [2.24, 2.45) is 0 Å². The molecule has 0 aromatic carbocycles. The Bertz CT molecular complexity index is 2270. The Morgan fingerprint density at radius 1 is 0.327 bits per heavy atom.